The molecule has 0 spiro atoms. The molecule has 0 heterocycles. The largest absolute Gasteiger partial charge is 0.303 e. The molecule has 1 nitrogen and oxygen atoms in total. The highest BCUT2D eigenvalue weighted by molar-refractivity contribution is 5.85. The van der Waals surface area contributed by atoms with E-state index in [0.29, 0.717) is 5.92 Å². The number of benzene rings is 1. The van der Waals surface area contributed by atoms with Gasteiger partial charge in [-0.3, -0.25) is 0 Å². The van der Waals surface area contributed by atoms with Gasteiger partial charge in [-0.2, -0.15) is 0 Å². The summed E-state index contributed by atoms with van der Waals surface area (Å²) < 4.78 is 0. The van der Waals surface area contributed by atoms with Crippen molar-refractivity contribution in [2.24, 2.45) is 5.92 Å². The molecule has 0 saturated heterocycles. The maximum atomic E-state index is 11.2. The van der Waals surface area contributed by atoms with Gasteiger partial charge in [-0.15, -0.1) is 0 Å². The van der Waals surface area contributed by atoms with Crippen LogP contribution in [0.2, 0.25) is 0 Å². The van der Waals surface area contributed by atoms with Gasteiger partial charge in [-0.25, -0.2) is 0 Å². The van der Waals surface area contributed by atoms with E-state index in [-0.39, 0.29) is 5.92 Å². The standard InChI is InChI=1S/C14H12O/c15-9-14-12-7-3-1-5-10(12)11-6-2-4-8-13(11)14/h1-7,9,13-14H,8H2. The summed E-state index contributed by atoms with van der Waals surface area (Å²) in [5, 5.41) is 0. The van der Waals surface area contributed by atoms with Gasteiger partial charge in [0.25, 0.3) is 0 Å². The van der Waals surface area contributed by atoms with Gasteiger partial charge in [-0.1, -0.05) is 42.5 Å². The zero-order valence-electron chi connectivity index (χ0n) is 8.39. The lowest BCUT2D eigenvalue weighted by molar-refractivity contribution is -0.109. The first kappa shape index (κ1) is 8.66. The van der Waals surface area contributed by atoms with Crippen LogP contribution < -0.4 is 0 Å². The molecule has 74 valence electrons. The van der Waals surface area contributed by atoms with Gasteiger partial charge < -0.3 is 4.79 Å². The average molecular weight is 196 g/mol. The number of aldehydes is 1. The maximum absolute atomic E-state index is 11.2. The zero-order valence-corrected chi connectivity index (χ0v) is 8.39. The molecule has 2 aliphatic rings. The molecule has 3 rings (SSSR count). The minimum absolute atomic E-state index is 0.0670. The Morgan fingerprint density at radius 2 is 2.13 bits per heavy atom. The van der Waals surface area contributed by atoms with E-state index < -0.39 is 0 Å². The predicted octanol–water partition coefficient (Wildman–Crippen LogP) is 2.94. The summed E-state index contributed by atoms with van der Waals surface area (Å²) in [5.74, 6) is 0.447. The van der Waals surface area contributed by atoms with E-state index in [9.17, 15) is 4.79 Å². The van der Waals surface area contributed by atoms with Crippen LogP contribution >= 0.6 is 0 Å². The van der Waals surface area contributed by atoms with Gasteiger partial charge in [0.2, 0.25) is 0 Å². The molecule has 1 aromatic carbocycles. The van der Waals surface area contributed by atoms with E-state index in [1.807, 2.05) is 12.1 Å². The molecule has 1 aromatic rings. The zero-order chi connectivity index (χ0) is 10.3. The van der Waals surface area contributed by atoms with Crippen LogP contribution in [0.15, 0.2) is 42.5 Å². The van der Waals surface area contributed by atoms with Crippen molar-refractivity contribution < 1.29 is 4.79 Å². The van der Waals surface area contributed by atoms with Crippen molar-refractivity contribution >= 4 is 11.9 Å². The average Bonchev–Trinajstić information content (AvgIpc) is 2.63. The third-order valence-electron chi connectivity index (χ3n) is 3.41. The molecule has 0 saturated carbocycles. The first-order valence-corrected chi connectivity index (χ1v) is 5.33. The lowest BCUT2D eigenvalue weighted by Crippen LogP contribution is -2.08. The van der Waals surface area contributed by atoms with E-state index in [1.54, 1.807) is 0 Å². The molecule has 1 heteroatoms. The van der Waals surface area contributed by atoms with Crippen LogP contribution in [0.4, 0.5) is 0 Å². The number of carbonyl (C=O) groups is 1. The van der Waals surface area contributed by atoms with E-state index in [1.165, 1.54) is 16.7 Å². The molecule has 0 N–H and O–H groups in total. The van der Waals surface area contributed by atoms with Crippen molar-refractivity contribution in [1.29, 1.82) is 0 Å². The fourth-order valence-corrected chi connectivity index (χ4v) is 2.71. The minimum Gasteiger partial charge on any atom is -0.303 e. The Balaban J connectivity index is 2.22. The van der Waals surface area contributed by atoms with Crippen molar-refractivity contribution in [2.45, 2.75) is 12.3 Å². The van der Waals surface area contributed by atoms with E-state index in [0.717, 1.165) is 12.7 Å². The highest BCUT2D eigenvalue weighted by Crippen LogP contribution is 2.47. The molecular formula is C14H12O. The molecule has 0 radical (unpaired) electrons. The van der Waals surface area contributed by atoms with Crippen molar-refractivity contribution in [3.63, 3.8) is 0 Å². The molecule has 2 aliphatic carbocycles. The smallest absolute Gasteiger partial charge is 0.128 e. The molecule has 0 bridgehead atoms. The van der Waals surface area contributed by atoms with Crippen LogP contribution in [0.25, 0.3) is 5.57 Å². The second-order valence-corrected chi connectivity index (χ2v) is 4.14. The van der Waals surface area contributed by atoms with Crippen molar-refractivity contribution in [1.82, 2.24) is 0 Å². The van der Waals surface area contributed by atoms with Gasteiger partial charge in [0, 0.05) is 11.8 Å². The summed E-state index contributed by atoms with van der Waals surface area (Å²) in [5.41, 5.74) is 3.81. The summed E-state index contributed by atoms with van der Waals surface area (Å²) >= 11 is 0. The summed E-state index contributed by atoms with van der Waals surface area (Å²) in [6, 6.07) is 8.26. The highest BCUT2D eigenvalue weighted by Gasteiger charge is 2.35. The van der Waals surface area contributed by atoms with Gasteiger partial charge in [0.1, 0.15) is 6.29 Å². The van der Waals surface area contributed by atoms with Crippen LogP contribution in [0, 0.1) is 5.92 Å². The molecule has 0 fully saturated rings. The van der Waals surface area contributed by atoms with Crippen molar-refractivity contribution in [3.05, 3.63) is 53.6 Å². The van der Waals surface area contributed by atoms with E-state index >= 15 is 0 Å². The van der Waals surface area contributed by atoms with E-state index in [4.69, 9.17) is 0 Å². The number of rotatable bonds is 1. The van der Waals surface area contributed by atoms with Crippen molar-refractivity contribution in [3.8, 4) is 0 Å². The topological polar surface area (TPSA) is 17.1 Å². The van der Waals surface area contributed by atoms with Crippen LogP contribution in [-0.4, -0.2) is 6.29 Å². The predicted molar refractivity (Wildman–Crippen MR) is 60.5 cm³/mol. The Bertz CT molecular complexity index is 468. The molecule has 0 amide bonds. The molecule has 0 aliphatic heterocycles. The van der Waals surface area contributed by atoms with Gasteiger partial charge in [0.05, 0.1) is 0 Å². The lowest BCUT2D eigenvalue weighted by atomic mass is 9.86. The third kappa shape index (κ3) is 1.13. The number of carbonyl (C=O) groups excluding carboxylic acids is 1. The molecular weight excluding hydrogens is 184 g/mol. The highest BCUT2D eigenvalue weighted by atomic mass is 16.1. The first-order valence-electron chi connectivity index (χ1n) is 5.33. The SMILES string of the molecule is O=CC1c2ccccc2C2=CC=CCC21. The maximum Gasteiger partial charge on any atom is 0.128 e. The third-order valence-corrected chi connectivity index (χ3v) is 3.41. The van der Waals surface area contributed by atoms with Crippen LogP contribution in [0.5, 0.6) is 0 Å². The summed E-state index contributed by atoms with van der Waals surface area (Å²) in [6.07, 6.45) is 8.48. The second kappa shape index (κ2) is 3.20. The Morgan fingerprint density at radius 1 is 1.27 bits per heavy atom. The fraction of sp³-hybridized carbons (Fsp3) is 0.214. The minimum atomic E-state index is 0.0670. The van der Waals surface area contributed by atoms with Crippen molar-refractivity contribution in [2.75, 3.05) is 0 Å². The summed E-state index contributed by atoms with van der Waals surface area (Å²) in [7, 11) is 0. The van der Waals surface area contributed by atoms with Gasteiger partial charge in [-0.05, 0) is 23.1 Å². The van der Waals surface area contributed by atoms with Crippen LogP contribution in [0.3, 0.4) is 0 Å². The Morgan fingerprint density at radius 3 is 3.00 bits per heavy atom. The first-order chi connectivity index (χ1) is 7.42. The molecule has 15 heavy (non-hydrogen) atoms. The van der Waals surface area contributed by atoms with Crippen LogP contribution in [-0.2, 0) is 4.79 Å². The van der Waals surface area contributed by atoms with Gasteiger partial charge >= 0.3 is 0 Å². The number of hydrogen-bond acceptors (Lipinski definition) is 1. The lowest BCUT2D eigenvalue weighted by Gasteiger charge is -2.16. The fourth-order valence-electron chi connectivity index (χ4n) is 2.71. The Hall–Kier alpha value is -1.63. The molecule has 2 unspecified atom stereocenters. The summed E-state index contributed by atoms with van der Waals surface area (Å²) in [6.45, 7) is 0. The van der Waals surface area contributed by atoms with Crippen LogP contribution in [0.1, 0.15) is 23.5 Å². The second-order valence-electron chi connectivity index (χ2n) is 4.14. The number of allylic oxidation sites excluding steroid dienone is 4. The Labute approximate surface area is 89.1 Å². The Kier molecular flexibility index (Phi) is 1.84. The monoisotopic (exact) mass is 196 g/mol. The van der Waals surface area contributed by atoms with E-state index in [2.05, 4.69) is 30.4 Å². The molecule has 0 aromatic heterocycles. The number of fused-ring (bicyclic) bond motifs is 3. The normalized spacial score (nSPS) is 26.8. The quantitative estimate of drug-likeness (QED) is 0.631. The molecule has 2 atom stereocenters. The number of hydrogen-bond donors (Lipinski definition) is 0. The summed E-state index contributed by atoms with van der Waals surface area (Å²) in [4.78, 5) is 11.2. The van der Waals surface area contributed by atoms with Gasteiger partial charge in [0.15, 0.2) is 0 Å².